The van der Waals surface area contributed by atoms with Crippen molar-refractivity contribution < 1.29 is 9.52 Å². The SMILES string of the molecule is Cc1nc2ccccc2nc1SCc1cc(=O)oc2c(C)c(O)ccc12. The lowest BCUT2D eigenvalue weighted by Crippen LogP contribution is -2.01. The van der Waals surface area contributed by atoms with Gasteiger partial charge >= 0.3 is 5.63 Å². The third-order valence-corrected chi connectivity index (χ3v) is 5.40. The Balaban J connectivity index is 1.73. The van der Waals surface area contributed by atoms with Crippen LogP contribution in [0.1, 0.15) is 16.8 Å². The molecule has 0 aliphatic rings. The van der Waals surface area contributed by atoms with Crippen LogP contribution in [0.3, 0.4) is 0 Å². The van der Waals surface area contributed by atoms with Crippen LogP contribution < -0.4 is 5.63 Å². The van der Waals surface area contributed by atoms with E-state index >= 15 is 0 Å². The van der Waals surface area contributed by atoms with Gasteiger partial charge in [0.05, 0.1) is 16.7 Å². The van der Waals surface area contributed by atoms with Gasteiger partial charge in [-0.3, -0.25) is 0 Å². The lowest BCUT2D eigenvalue weighted by atomic mass is 10.1. The van der Waals surface area contributed by atoms with Gasteiger partial charge in [0.1, 0.15) is 16.4 Å². The minimum Gasteiger partial charge on any atom is -0.508 e. The molecule has 4 aromatic rings. The number of para-hydroxylation sites is 2. The Bertz CT molecular complexity index is 1200. The maximum Gasteiger partial charge on any atom is 0.336 e. The summed E-state index contributed by atoms with van der Waals surface area (Å²) in [5, 5.41) is 11.5. The van der Waals surface area contributed by atoms with Gasteiger partial charge in [0.15, 0.2) is 0 Å². The van der Waals surface area contributed by atoms with E-state index < -0.39 is 5.63 Å². The first-order valence-electron chi connectivity index (χ1n) is 8.14. The van der Waals surface area contributed by atoms with Gasteiger partial charge in [-0.2, -0.15) is 0 Å². The summed E-state index contributed by atoms with van der Waals surface area (Å²) in [6, 6.07) is 12.6. The van der Waals surface area contributed by atoms with E-state index in [2.05, 4.69) is 9.97 Å². The molecule has 0 bridgehead atoms. The van der Waals surface area contributed by atoms with Crippen LogP contribution in [0.2, 0.25) is 0 Å². The van der Waals surface area contributed by atoms with E-state index in [-0.39, 0.29) is 5.75 Å². The fourth-order valence-corrected chi connectivity index (χ4v) is 3.84. The molecule has 2 aromatic carbocycles. The molecule has 6 heteroatoms. The molecule has 0 radical (unpaired) electrons. The Kier molecular flexibility index (Phi) is 4.12. The molecule has 0 saturated carbocycles. The van der Waals surface area contributed by atoms with Crippen molar-refractivity contribution in [3.05, 3.63) is 69.7 Å². The number of benzene rings is 2. The smallest absolute Gasteiger partial charge is 0.336 e. The summed E-state index contributed by atoms with van der Waals surface area (Å²) >= 11 is 1.53. The van der Waals surface area contributed by atoms with Crippen molar-refractivity contribution in [1.82, 2.24) is 9.97 Å². The first-order valence-corrected chi connectivity index (χ1v) is 9.13. The van der Waals surface area contributed by atoms with Gasteiger partial charge in [-0.05, 0) is 43.7 Å². The van der Waals surface area contributed by atoms with Crippen molar-refractivity contribution in [2.24, 2.45) is 0 Å². The van der Waals surface area contributed by atoms with E-state index in [1.807, 2.05) is 31.2 Å². The summed E-state index contributed by atoms with van der Waals surface area (Å²) in [5.74, 6) is 0.668. The van der Waals surface area contributed by atoms with Gasteiger partial charge < -0.3 is 9.52 Å². The van der Waals surface area contributed by atoms with Gasteiger partial charge in [-0.1, -0.05) is 23.9 Å². The number of hydrogen-bond donors (Lipinski definition) is 1. The van der Waals surface area contributed by atoms with E-state index in [0.717, 1.165) is 32.7 Å². The van der Waals surface area contributed by atoms with Crippen molar-refractivity contribution in [1.29, 1.82) is 0 Å². The van der Waals surface area contributed by atoms with Crippen LogP contribution in [0.15, 0.2) is 56.7 Å². The predicted octanol–water partition coefficient (Wildman–Crippen LogP) is 4.35. The Morgan fingerprint density at radius 1 is 1.08 bits per heavy atom. The fraction of sp³-hybridized carbons (Fsp3) is 0.150. The molecule has 26 heavy (non-hydrogen) atoms. The Hall–Kier alpha value is -2.86. The van der Waals surface area contributed by atoms with E-state index in [1.165, 1.54) is 17.8 Å². The van der Waals surface area contributed by atoms with E-state index in [0.29, 0.717) is 16.9 Å². The van der Waals surface area contributed by atoms with Crippen LogP contribution >= 0.6 is 11.8 Å². The number of aromatic hydroxyl groups is 1. The molecule has 0 atom stereocenters. The highest BCUT2D eigenvalue weighted by Crippen LogP contribution is 2.31. The highest BCUT2D eigenvalue weighted by atomic mass is 32.2. The van der Waals surface area contributed by atoms with E-state index in [4.69, 9.17) is 4.42 Å². The second-order valence-corrected chi connectivity index (χ2v) is 7.03. The molecule has 0 aliphatic carbocycles. The zero-order valence-electron chi connectivity index (χ0n) is 14.3. The molecular formula is C20H16N2O3S. The quantitative estimate of drug-likeness (QED) is 0.430. The molecule has 2 aromatic heterocycles. The van der Waals surface area contributed by atoms with Crippen LogP contribution in [-0.4, -0.2) is 15.1 Å². The third kappa shape index (κ3) is 2.93. The number of thioether (sulfide) groups is 1. The molecule has 1 N–H and O–H groups in total. The molecule has 0 unspecified atom stereocenters. The highest BCUT2D eigenvalue weighted by Gasteiger charge is 2.12. The number of fused-ring (bicyclic) bond motifs is 2. The summed E-state index contributed by atoms with van der Waals surface area (Å²) in [7, 11) is 0. The molecule has 0 saturated heterocycles. The normalized spacial score (nSPS) is 11.3. The highest BCUT2D eigenvalue weighted by molar-refractivity contribution is 7.98. The van der Waals surface area contributed by atoms with Crippen LogP contribution in [0.4, 0.5) is 0 Å². The van der Waals surface area contributed by atoms with Crippen molar-refractivity contribution in [3.63, 3.8) is 0 Å². The fourth-order valence-electron chi connectivity index (χ4n) is 2.89. The number of hydrogen-bond acceptors (Lipinski definition) is 6. The maximum atomic E-state index is 11.9. The number of aromatic nitrogens is 2. The van der Waals surface area contributed by atoms with Gasteiger partial charge in [0.25, 0.3) is 0 Å². The Morgan fingerprint density at radius 2 is 1.81 bits per heavy atom. The first kappa shape index (κ1) is 16.6. The molecule has 130 valence electrons. The average Bonchev–Trinajstić information content (AvgIpc) is 2.63. The lowest BCUT2D eigenvalue weighted by molar-refractivity contribution is 0.468. The van der Waals surface area contributed by atoms with Crippen molar-refractivity contribution in [2.45, 2.75) is 24.6 Å². The summed E-state index contributed by atoms with van der Waals surface area (Å²) in [6.45, 7) is 3.66. The minimum atomic E-state index is -0.428. The topological polar surface area (TPSA) is 76.2 Å². The Morgan fingerprint density at radius 3 is 2.58 bits per heavy atom. The van der Waals surface area contributed by atoms with Crippen LogP contribution in [0.25, 0.3) is 22.0 Å². The Labute approximate surface area is 153 Å². The number of rotatable bonds is 3. The molecule has 4 rings (SSSR count). The van der Waals surface area contributed by atoms with Crippen LogP contribution in [0, 0.1) is 13.8 Å². The van der Waals surface area contributed by atoms with Gasteiger partial charge in [0, 0.05) is 22.8 Å². The minimum absolute atomic E-state index is 0.113. The molecule has 2 heterocycles. The van der Waals surface area contributed by atoms with Crippen LogP contribution in [0.5, 0.6) is 5.75 Å². The van der Waals surface area contributed by atoms with Gasteiger partial charge in [-0.15, -0.1) is 0 Å². The summed E-state index contributed by atoms with van der Waals surface area (Å²) in [4.78, 5) is 21.2. The van der Waals surface area contributed by atoms with E-state index in [1.54, 1.807) is 19.1 Å². The molecule has 5 nitrogen and oxygen atoms in total. The largest absolute Gasteiger partial charge is 0.508 e. The number of phenols is 1. The van der Waals surface area contributed by atoms with Crippen LogP contribution in [-0.2, 0) is 5.75 Å². The second kappa shape index (κ2) is 6.46. The van der Waals surface area contributed by atoms with Crippen molar-refractivity contribution in [3.8, 4) is 5.75 Å². The molecule has 0 fully saturated rings. The monoisotopic (exact) mass is 364 g/mol. The van der Waals surface area contributed by atoms with Crippen molar-refractivity contribution in [2.75, 3.05) is 0 Å². The summed E-state index contributed by atoms with van der Waals surface area (Å²) in [6.07, 6.45) is 0. The first-order chi connectivity index (χ1) is 12.5. The number of aryl methyl sites for hydroxylation is 2. The van der Waals surface area contributed by atoms with Crippen molar-refractivity contribution >= 4 is 33.8 Å². The maximum absolute atomic E-state index is 11.9. The number of phenolic OH excluding ortho intramolecular Hbond substituents is 1. The molecule has 0 aliphatic heterocycles. The standard InChI is InChI=1S/C20H16N2O3S/c1-11-17(23)8-7-14-13(9-18(24)25-19(11)14)10-26-20-12(2)21-15-5-3-4-6-16(15)22-20/h3-9,23H,10H2,1-2H3. The lowest BCUT2D eigenvalue weighted by Gasteiger charge is -2.09. The molecule has 0 spiro atoms. The average molecular weight is 364 g/mol. The number of nitrogens with zero attached hydrogens (tertiary/aromatic N) is 2. The zero-order chi connectivity index (χ0) is 18.3. The van der Waals surface area contributed by atoms with E-state index in [9.17, 15) is 9.90 Å². The molecule has 0 amide bonds. The van der Waals surface area contributed by atoms with Gasteiger partial charge in [0.2, 0.25) is 0 Å². The zero-order valence-corrected chi connectivity index (χ0v) is 15.1. The second-order valence-electron chi connectivity index (χ2n) is 6.07. The molecular weight excluding hydrogens is 348 g/mol. The summed E-state index contributed by atoms with van der Waals surface area (Å²) < 4.78 is 5.29. The van der Waals surface area contributed by atoms with Gasteiger partial charge in [-0.25, -0.2) is 14.8 Å². The summed E-state index contributed by atoms with van der Waals surface area (Å²) in [5.41, 5.74) is 3.98. The third-order valence-electron chi connectivity index (χ3n) is 4.28. The predicted molar refractivity (Wildman–Crippen MR) is 103 cm³/mol.